The highest BCUT2D eigenvalue weighted by Crippen LogP contribution is 2.23. The first-order valence-electron chi connectivity index (χ1n) is 5.63. The molecule has 0 saturated carbocycles. The minimum atomic E-state index is -3.94. The molecule has 0 radical (unpaired) electrons. The summed E-state index contributed by atoms with van der Waals surface area (Å²) in [5.41, 5.74) is -0.0742. The number of methoxy groups -OCH3 is 1. The molecule has 0 spiro atoms. The van der Waals surface area contributed by atoms with Gasteiger partial charge in [0.05, 0.1) is 30.1 Å². The first-order valence-corrected chi connectivity index (χ1v) is 7.11. The van der Waals surface area contributed by atoms with Crippen LogP contribution in [0.4, 0.5) is 5.69 Å². The van der Waals surface area contributed by atoms with Gasteiger partial charge in [0.25, 0.3) is 10.0 Å². The van der Waals surface area contributed by atoms with Crippen molar-refractivity contribution in [2.45, 2.75) is 4.90 Å². The Kier molecular flexibility index (Phi) is 4.03. The predicted octanol–water partition coefficient (Wildman–Crippen LogP) is 0.770. The van der Waals surface area contributed by atoms with Crippen LogP contribution in [0, 0.1) is 0 Å². The smallest absolute Gasteiger partial charge is 0.341 e. The number of phenols is 1. The SMILES string of the molecule is COC(=O)c1cc(S(=O)(=O)Nc2cncnc2)ccc1O. The Morgan fingerprint density at radius 3 is 2.57 bits per heavy atom. The predicted molar refractivity (Wildman–Crippen MR) is 72.3 cm³/mol. The van der Waals surface area contributed by atoms with Crippen molar-refractivity contribution in [3.8, 4) is 5.75 Å². The number of hydrogen-bond acceptors (Lipinski definition) is 7. The van der Waals surface area contributed by atoms with E-state index in [1.807, 2.05) is 0 Å². The van der Waals surface area contributed by atoms with E-state index in [1.165, 1.54) is 18.7 Å². The van der Waals surface area contributed by atoms with Gasteiger partial charge in [0.2, 0.25) is 0 Å². The molecule has 1 aromatic carbocycles. The first-order chi connectivity index (χ1) is 9.94. The summed E-state index contributed by atoms with van der Waals surface area (Å²) >= 11 is 0. The molecule has 8 nitrogen and oxygen atoms in total. The van der Waals surface area contributed by atoms with Crippen LogP contribution in [0.3, 0.4) is 0 Å². The zero-order chi connectivity index (χ0) is 15.5. The molecule has 110 valence electrons. The monoisotopic (exact) mass is 309 g/mol. The van der Waals surface area contributed by atoms with Gasteiger partial charge >= 0.3 is 5.97 Å². The molecule has 0 saturated heterocycles. The van der Waals surface area contributed by atoms with Crippen molar-refractivity contribution < 1.29 is 23.1 Å². The number of hydrogen-bond donors (Lipinski definition) is 2. The lowest BCUT2D eigenvalue weighted by molar-refractivity contribution is 0.0597. The van der Waals surface area contributed by atoms with Gasteiger partial charge in [-0.25, -0.2) is 23.2 Å². The second-order valence-electron chi connectivity index (χ2n) is 3.90. The number of carbonyl (C=O) groups is 1. The molecule has 1 heterocycles. The van der Waals surface area contributed by atoms with Gasteiger partial charge in [0, 0.05) is 0 Å². The van der Waals surface area contributed by atoms with Crippen LogP contribution in [-0.2, 0) is 14.8 Å². The molecular formula is C12H11N3O5S. The molecule has 0 aliphatic rings. The van der Waals surface area contributed by atoms with Gasteiger partial charge in [-0.05, 0) is 18.2 Å². The maximum atomic E-state index is 12.2. The first kappa shape index (κ1) is 14.7. The number of nitrogens with one attached hydrogen (secondary N) is 1. The molecule has 0 amide bonds. The highest BCUT2D eigenvalue weighted by Gasteiger charge is 2.19. The summed E-state index contributed by atoms with van der Waals surface area (Å²) in [7, 11) is -2.82. The Balaban J connectivity index is 2.39. The number of phenolic OH excluding ortho intramolecular Hbond substituents is 1. The third-order valence-corrected chi connectivity index (χ3v) is 3.88. The molecule has 9 heteroatoms. The van der Waals surface area contributed by atoms with E-state index < -0.39 is 16.0 Å². The van der Waals surface area contributed by atoms with Crippen LogP contribution in [0.25, 0.3) is 0 Å². The number of aromatic nitrogens is 2. The Bertz CT molecular complexity index is 762. The number of aromatic hydroxyl groups is 1. The minimum absolute atomic E-state index is 0.171. The van der Waals surface area contributed by atoms with Crippen molar-refractivity contribution in [1.82, 2.24) is 9.97 Å². The second-order valence-corrected chi connectivity index (χ2v) is 5.59. The van der Waals surface area contributed by atoms with Gasteiger partial charge in [0.1, 0.15) is 17.6 Å². The fourth-order valence-electron chi connectivity index (χ4n) is 1.52. The van der Waals surface area contributed by atoms with E-state index in [2.05, 4.69) is 19.4 Å². The lowest BCUT2D eigenvalue weighted by Crippen LogP contribution is -2.14. The highest BCUT2D eigenvalue weighted by atomic mass is 32.2. The summed E-state index contributed by atoms with van der Waals surface area (Å²) in [6.07, 6.45) is 3.83. The van der Waals surface area contributed by atoms with Crippen molar-refractivity contribution in [2.75, 3.05) is 11.8 Å². The zero-order valence-electron chi connectivity index (χ0n) is 10.8. The number of anilines is 1. The van der Waals surface area contributed by atoms with Crippen molar-refractivity contribution in [3.05, 3.63) is 42.5 Å². The van der Waals surface area contributed by atoms with Gasteiger partial charge < -0.3 is 9.84 Å². The molecule has 0 bridgehead atoms. The Labute approximate surface area is 120 Å². The Morgan fingerprint density at radius 2 is 1.95 bits per heavy atom. The Hall–Kier alpha value is -2.68. The van der Waals surface area contributed by atoms with E-state index in [0.717, 1.165) is 25.3 Å². The van der Waals surface area contributed by atoms with Gasteiger partial charge in [0.15, 0.2) is 0 Å². The summed E-state index contributed by atoms with van der Waals surface area (Å²) < 4.78 is 31.1. The van der Waals surface area contributed by atoms with Crippen LogP contribution >= 0.6 is 0 Å². The van der Waals surface area contributed by atoms with Crippen molar-refractivity contribution in [2.24, 2.45) is 0 Å². The van der Waals surface area contributed by atoms with Crippen molar-refractivity contribution in [1.29, 1.82) is 0 Å². The fourth-order valence-corrected chi connectivity index (χ4v) is 2.58. The molecule has 2 rings (SSSR count). The summed E-state index contributed by atoms with van der Waals surface area (Å²) in [5.74, 6) is -1.21. The number of benzene rings is 1. The maximum Gasteiger partial charge on any atom is 0.341 e. The van der Waals surface area contributed by atoms with Crippen LogP contribution in [0.15, 0.2) is 41.8 Å². The molecular weight excluding hydrogens is 298 g/mol. The summed E-state index contributed by atoms with van der Waals surface area (Å²) in [5, 5.41) is 9.56. The van der Waals surface area contributed by atoms with Crippen molar-refractivity contribution >= 4 is 21.7 Å². The fraction of sp³-hybridized carbons (Fsp3) is 0.0833. The van der Waals surface area contributed by atoms with Gasteiger partial charge in [-0.15, -0.1) is 0 Å². The summed E-state index contributed by atoms with van der Waals surface area (Å²) in [6.45, 7) is 0. The summed E-state index contributed by atoms with van der Waals surface area (Å²) in [4.78, 5) is 18.6. The molecule has 0 unspecified atom stereocenters. The van der Waals surface area contributed by atoms with Crippen LogP contribution in [0.1, 0.15) is 10.4 Å². The topological polar surface area (TPSA) is 118 Å². The standard InChI is InChI=1S/C12H11N3O5S/c1-20-12(17)10-4-9(2-3-11(10)16)21(18,19)15-8-5-13-7-14-6-8/h2-7,15-16H,1H3. The second kappa shape index (κ2) is 5.75. The number of sulfonamides is 1. The van der Waals surface area contributed by atoms with E-state index in [9.17, 15) is 18.3 Å². The molecule has 0 atom stereocenters. The zero-order valence-corrected chi connectivity index (χ0v) is 11.7. The highest BCUT2D eigenvalue weighted by molar-refractivity contribution is 7.92. The van der Waals surface area contributed by atoms with Crippen LogP contribution in [-0.4, -0.2) is 36.6 Å². The largest absolute Gasteiger partial charge is 0.507 e. The molecule has 0 aliphatic heterocycles. The molecule has 1 aromatic heterocycles. The number of carbonyl (C=O) groups excluding carboxylic acids is 1. The average Bonchev–Trinajstić information content (AvgIpc) is 2.47. The maximum absolute atomic E-state index is 12.2. The van der Waals surface area contributed by atoms with E-state index in [4.69, 9.17) is 0 Å². The lowest BCUT2D eigenvalue weighted by Gasteiger charge is -2.09. The van der Waals surface area contributed by atoms with Gasteiger partial charge in [-0.1, -0.05) is 0 Å². The van der Waals surface area contributed by atoms with Gasteiger partial charge in [-0.3, -0.25) is 4.72 Å². The molecule has 2 N–H and O–H groups in total. The van der Waals surface area contributed by atoms with E-state index in [0.29, 0.717) is 0 Å². The van der Waals surface area contributed by atoms with Crippen LogP contribution in [0.5, 0.6) is 5.75 Å². The number of nitrogens with zero attached hydrogens (tertiary/aromatic N) is 2. The molecule has 21 heavy (non-hydrogen) atoms. The molecule has 2 aromatic rings. The van der Waals surface area contributed by atoms with Crippen LogP contribution in [0.2, 0.25) is 0 Å². The molecule has 0 aliphatic carbocycles. The van der Waals surface area contributed by atoms with E-state index in [1.54, 1.807) is 0 Å². The normalized spacial score (nSPS) is 10.9. The number of esters is 1. The summed E-state index contributed by atoms with van der Waals surface area (Å²) in [6, 6.07) is 3.28. The third kappa shape index (κ3) is 3.26. The van der Waals surface area contributed by atoms with E-state index in [-0.39, 0.29) is 21.9 Å². The minimum Gasteiger partial charge on any atom is -0.507 e. The number of rotatable bonds is 4. The lowest BCUT2D eigenvalue weighted by atomic mass is 10.2. The van der Waals surface area contributed by atoms with Gasteiger partial charge in [-0.2, -0.15) is 0 Å². The van der Waals surface area contributed by atoms with E-state index >= 15 is 0 Å². The third-order valence-electron chi connectivity index (χ3n) is 2.50. The van der Waals surface area contributed by atoms with Crippen LogP contribution < -0.4 is 4.72 Å². The molecule has 0 fully saturated rings. The van der Waals surface area contributed by atoms with Crippen molar-refractivity contribution in [3.63, 3.8) is 0 Å². The average molecular weight is 309 g/mol. The quantitative estimate of drug-likeness (QED) is 0.801. The number of ether oxygens (including phenoxy) is 1. The Morgan fingerprint density at radius 1 is 1.29 bits per heavy atom.